The Morgan fingerprint density at radius 2 is 1.57 bits per heavy atom. The third-order valence-electron chi connectivity index (χ3n) is 6.42. The molecule has 0 saturated heterocycles. The minimum Gasteiger partial charge on any atom is -0.256 e. The Kier molecular flexibility index (Phi) is 5.19. The molecule has 1 fully saturated rings. The van der Waals surface area contributed by atoms with Crippen LogP contribution in [-0.2, 0) is 5.21 Å². The zero-order valence-electron chi connectivity index (χ0n) is 16.7. The summed E-state index contributed by atoms with van der Waals surface area (Å²) in [6, 6.07) is 22.8. The lowest BCUT2D eigenvalue weighted by atomic mass is 9.37. The summed E-state index contributed by atoms with van der Waals surface area (Å²) < 4.78 is 0. The van der Waals surface area contributed by atoms with Crippen LogP contribution in [0, 0.1) is 17.8 Å². The summed E-state index contributed by atoms with van der Waals surface area (Å²) in [5.74, 6) is 1.55. The van der Waals surface area contributed by atoms with Crippen molar-refractivity contribution in [3.8, 4) is 22.4 Å². The molecule has 3 atom stereocenters. The van der Waals surface area contributed by atoms with E-state index in [2.05, 4.69) is 67.4 Å². The molecule has 1 aliphatic carbocycles. The van der Waals surface area contributed by atoms with E-state index in [9.17, 15) is 0 Å². The van der Waals surface area contributed by atoms with Crippen molar-refractivity contribution in [1.82, 2.24) is 4.98 Å². The number of hydrogen-bond acceptors (Lipinski definition) is 1. The molecule has 0 bridgehead atoms. The maximum Gasteiger partial charge on any atom is 0.0702 e. The van der Waals surface area contributed by atoms with Crippen LogP contribution >= 0.6 is 0 Å². The van der Waals surface area contributed by atoms with Gasteiger partial charge >= 0.3 is 0 Å². The Morgan fingerprint density at radius 3 is 2.14 bits per heavy atom. The van der Waals surface area contributed by atoms with E-state index >= 15 is 0 Å². The van der Waals surface area contributed by atoms with Crippen LogP contribution in [0.5, 0.6) is 0 Å². The molecule has 4 radical (unpaired) electrons. The molecule has 1 aromatic heterocycles. The summed E-state index contributed by atoms with van der Waals surface area (Å²) in [7, 11) is 13.3. The highest BCUT2D eigenvalue weighted by Gasteiger charge is 2.45. The molecule has 0 aliphatic heterocycles. The fraction of sp³-hybridized carbons (Fsp3) is 0.320. The van der Waals surface area contributed by atoms with Gasteiger partial charge in [-0.2, -0.15) is 0 Å². The largest absolute Gasteiger partial charge is 0.256 e. The number of nitrogens with zero attached hydrogens (tertiary/aromatic N) is 1. The Balaban J connectivity index is 1.55. The van der Waals surface area contributed by atoms with Crippen molar-refractivity contribution < 1.29 is 0 Å². The molecular weight excluding hydrogens is 336 g/mol. The van der Waals surface area contributed by atoms with Crippen LogP contribution in [-0.4, -0.2) is 20.7 Å². The van der Waals surface area contributed by atoms with Gasteiger partial charge in [0.05, 0.1) is 21.4 Å². The van der Waals surface area contributed by atoms with Crippen LogP contribution in [0.15, 0.2) is 72.9 Å². The Bertz CT molecular complexity index is 917. The van der Waals surface area contributed by atoms with Crippen molar-refractivity contribution in [1.29, 1.82) is 0 Å². The molecule has 1 aliphatic rings. The quantitative estimate of drug-likeness (QED) is 0.540. The van der Waals surface area contributed by atoms with Gasteiger partial charge in [-0.1, -0.05) is 91.7 Å². The summed E-state index contributed by atoms with van der Waals surface area (Å²) in [5, 5.41) is -0.772. The predicted octanol–water partition coefficient (Wildman–Crippen LogP) is 5.59. The summed E-state index contributed by atoms with van der Waals surface area (Å²) in [6.07, 6.45) is 4.30. The number of rotatable bonds is 5. The zero-order chi connectivity index (χ0) is 19.7. The van der Waals surface area contributed by atoms with E-state index in [1.165, 1.54) is 6.42 Å². The smallest absolute Gasteiger partial charge is 0.0702 e. The standard InChI is InChI=1S/C25H25B2N/c1-3-18-15-17(2)24(18)25(26,27)22-12-9-19(10-13-22)21-11-14-23(28-16-21)20-7-5-4-6-8-20/h4-14,16-18,24H,3,15H2,1-2H3. The molecule has 3 heteroatoms. The Labute approximate surface area is 171 Å². The van der Waals surface area contributed by atoms with Gasteiger partial charge in [0.2, 0.25) is 0 Å². The molecule has 136 valence electrons. The molecule has 1 saturated carbocycles. The summed E-state index contributed by atoms with van der Waals surface area (Å²) in [4.78, 5) is 4.63. The lowest BCUT2D eigenvalue weighted by Gasteiger charge is -2.53. The predicted molar refractivity (Wildman–Crippen MR) is 119 cm³/mol. The molecular formula is C25H25B2N. The lowest BCUT2D eigenvalue weighted by Crippen LogP contribution is -2.50. The lowest BCUT2D eigenvalue weighted by molar-refractivity contribution is 0.0650. The van der Waals surface area contributed by atoms with Crippen molar-refractivity contribution >= 4 is 15.7 Å². The Morgan fingerprint density at radius 1 is 0.893 bits per heavy atom. The molecule has 2 aromatic carbocycles. The molecule has 1 heterocycles. The van der Waals surface area contributed by atoms with Gasteiger partial charge in [-0.3, -0.25) is 4.98 Å². The van der Waals surface area contributed by atoms with Gasteiger partial charge in [-0.15, -0.1) is 0 Å². The highest BCUT2D eigenvalue weighted by atomic mass is 14.7. The maximum absolute atomic E-state index is 6.64. The topological polar surface area (TPSA) is 12.9 Å². The van der Waals surface area contributed by atoms with Gasteiger partial charge in [0.1, 0.15) is 0 Å². The van der Waals surface area contributed by atoms with E-state index in [0.29, 0.717) is 17.8 Å². The first kappa shape index (κ1) is 19.1. The van der Waals surface area contributed by atoms with Crippen molar-refractivity contribution in [2.45, 2.75) is 31.9 Å². The van der Waals surface area contributed by atoms with Gasteiger partial charge in [-0.05, 0) is 35.8 Å². The summed E-state index contributed by atoms with van der Waals surface area (Å²) >= 11 is 0. The second kappa shape index (κ2) is 7.62. The normalized spacial score (nSPS) is 21.9. The van der Waals surface area contributed by atoms with Gasteiger partial charge in [0, 0.05) is 17.3 Å². The molecule has 3 unspecified atom stereocenters. The monoisotopic (exact) mass is 361 g/mol. The minimum atomic E-state index is -0.772. The molecule has 0 spiro atoms. The minimum absolute atomic E-state index is 0.343. The number of hydrogen-bond donors (Lipinski definition) is 0. The summed E-state index contributed by atoms with van der Waals surface area (Å²) in [6.45, 7) is 4.49. The van der Waals surface area contributed by atoms with E-state index in [1.807, 2.05) is 24.4 Å². The number of aromatic nitrogens is 1. The summed E-state index contributed by atoms with van der Waals surface area (Å²) in [5.41, 5.74) is 5.34. The number of pyridine rings is 1. The van der Waals surface area contributed by atoms with Gasteiger partial charge in [0.15, 0.2) is 0 Å². The molecule has 28 heavy (non-hydrogen) atoms. The third-order valence-corrected chi connectivity index (χ3v) is 6.42. The first-order chi connectivity index (χ1) is 13.5. The van der Waals surface area contributed by atoms with E-state index in [0.717, 1.165) is 34.4 Å². The average Bonchev–Trinajstić information content (AvgIpc) is 2.72. The fourth-order valence-corrected chi connectivity index (χ4v) is 4.81. The van der Waals surface area contributed by atoms with Crippen LogP contribution in [0.3, 0.4) is 0 Å². The van der Waals surface area contributed by atoms with E-state index < -0.39 is 5.21 Å². The van der Waals surface area contributed by atoms with E-state index in [1.54, 1.807) is 0 Å². The SMILES string of the molecule is [B]C([B])(c1ccc(-c2ccc(-c3ccccc3)nc2)cc1)C1C(C)CC1CC. The average molecular weight is 361 g/mol. The molecule has 1 nitrogen and oxygen atoms in total. The van der Waals surface area contributed by atoms with Crippen LogP contribution in [0.1, 0.15) is 32.3 Å². The second-order valence-electron chi connectivity index (χ2n) is 8.22. The van der Waals surface area contributed by atoms with Gasteiger partial charge in [-0.25, -0.2) is 0 Å². The molecule has 3 aromatic rings. The van der Waals surface area contributed by atoms with Crippen LogP contribution < -0.4 is 0 Å². The van der Waals surface area contributed by atoms with Crippen molar-refractivity contribution in [3.05, 3.63) is 78.5 Å². The Hall–Kier alpha value is -2.28. The highest BCUT2D eigenvalue weighted by Crippen LogP contribution is 2.50. The van der Waals surface area contributed by atoms with Crippen molar-refractivity contribution in [2.75, 3.05) is 0 Å². The first-order valence-corrected chi connectivity index (χ1v) is 10.2. The van der Waals surface area contributed by atoms with E-state index in [-0.39, 0.29) is 0 Å². The third kappa shape index (κ3) is 3.43. The molecule has 0 amide bonds. The second-order valence-corrected chi connectivity index (χ2v) is 8.22. The van der Waals surface area contributed by atoms with Crippen molar-refractivity contribution in [2.24, 2.45) is 17.8 Å². The fourth-order valence-electron chi connectivity index (χ4n) is 4.81. The van der Waals surface area contributed by atoms with E-state index in [4.69, 9.17) is 15.7 Å². The first-order valence-electron chi connectivity index (χ1n) is 10.2. The molecule has 0 N–H and O–H groups in total. The zero-order valence-corrected chi connectivity index (χ0v) is 16.7. The highest BCUT2D eigenvalue weighted by molar-refractivity contribution is 6.40. The molecule has 4 rings (SSSR count). The van der Waals surface area contributed by atoms with Crippen LogP contribution in [0.4, 0.5) is 0 Å². The van der Waals surface area contributed by atoms with Crippen LogP contribution in [0.2, 0.25) is 0 Å². The van der Waals surface area contributed by atoms with Crippen molar-refractivity contribution in [3.63, 3.8) is 0 Å². The van der Waals surface area contributed by atoms with Gasteiger partial charge < -0.3 is 0 Å². The van der Waals surface area contributed by atoms with Crippen LogP contribution in [0.25, 0.3) is 22.4 Å². The maximum atomic E-state index is 6.64. The number of benzene rings is 2. The van der Waals surface area contributed by atoms with Gasteiger partial charge in [0.25, 0.3) is 0 Å².